The zero-order valence-electron chi connectivity index (χ0n) is 15.2. The van der Waals surface area contributed by atoms with Crippen molar-refractivity contribution in [1.29, 1.82) is 5.41 Å². The number of benzene rings is 2. The number of rotatable bonds is 8. The van der Waals surface area contributed by atoms with Crippen LogP contribution in [0.2, 0.25) is 0 Å². The van der Waals surface area contributed by atoms with Gasteiger partial charge in [-0.1, -0.05) is 36.9 Å². The van der Waals surface area contributed by atoms with Crippen LogP contribution in [0.4, 0.5) is 21.8 Å². The number of halogens is 1. The van der Waals surface area contributed by atoms with Crippen LogP contribution in [0.1, 0.15) is 18.5 Å². The first-order valence-electron chi connectivity index (χ1n) is 9.08. The number of nitrogens with zero attached hydrogens (tertiary/aromatic N) is 2. The molecular weight excluding hydrogens is 355 g/mol. The van der Waals surface area contributed by atoms with Gasteiger partial charge in [0.1, 0.15) is 17.3 Å². The summed E-state index contributed by atoms with van der Waals surface area (Å²) in [6, 6.07) is 16.4. The van der Waals surface area contributed by atoms with Gasteiger partial charge in [0.2, 0.25) is 5.95 Å². The van der Waals surface area contributed by atoms with E-state index in [-0.39, 0.29) is 5.82 Å². The summed E-state index contributed by atoms with van der Waals surface area (Å²) < 4.78 is 16.0. The molecule has 142 valence electrons. The van der Waals surface area contributed by atoms with E-state index >= 15 is 0 Å². The molecule has 7 heteroatoms. The molecule has 6 nitrogen and oxygen atoms in total. The molecule has 0 amide bonds. The summed E-state index contributed by atoms with van der Waals surface area (Å²) in [6.45, 7) is 4.03. The molecule has 0 spiro atoms. The number of hydrogen-bond donors (Lipinski definition) is 4. The van der Waals surface area contributed by atoms with Crippen molar-refractivity contribution in [2.24, 2.45) is 0 Å². The van der Waals surface area contributed by atoms with E-state index in [9.17, 15) is 4.39 Å². The predicted octanol–water partition coefficient (Wildman–Crippen LogP) is 4.39. The third-order valence-electron chi connectivity index (χ3n) is 4.40. The molecule has 0 atom stereocenters. The van der Waals surface area contributed by atoms with Crippen molar-refractivity contribution in [1.82, 2.24) is 14.9 Å². The van der Waals surface area contributed by atoms with Crippen LogP contribution in [0.25, 0.3) is 5.69 Å². The Bertz CT molecular complexity index is 1010. The monoisotopic (exact) mass is 376 g/mol. The van der Waals surface area contributed by atoms with Crippen molar-refractivity contribution in [3.8, 4) is 5.69 Å². The van der Waals surface area contributed by atoms with Crippen LogP contribution in [-0.2, 0) is 0 Å². The lowest BCUT2D eigenvalue weighted by molar-refractivity contribution is 0.631. The maximum Gasteiger partial charge on any atom is 0.214 e. The molecule has 0 bridgehead atoms. The Morgan fingerprint density at radius 2 is 1.86 bits per heavy atom. The lowest BCUT2D eigenvalue weighted by Crippen LogP contribution is -2.22. The second kappa shape index (κ2) is 7.56. The molecule has 1 aromatic heterocycles. The van der Waals surface area contributed by atoms with E-state index in [1.807, 2.05) is 34.9 Å². The average Bonchev–Trinajstić information content (AvgIpc) is 3.45. The van der Waals surface area contributed by atoms with E-state index in [2.05, 4.69) is 27.5 Å². The molecule has 1 aliphatic rings. The lowest BCUT2D eigenvalue weighted by atomic mass is 10.3. The summed E-state index contributed by atoms with van der Waals surface area (Å²) in [5, 5.41) is 17.4. The van der Waals surface area contributed by atoms with Gasteiger partial charge in [-0.25, -0.2) is 9.37 Å². The molecule has 4 N–H and O–H groups in total. The van der Waals surface area contributed by atoms with Gasteiger partial charge in [-0.2, -0.15) is 0 Å². The minimum Gasteiger partial charge on any atom is -0.369 e. The molecule has 1 aliphatic carbocycles. The van der Waals surface area contributed by atoms with Gasteiger partial charge in [0.05, 0.1) is 17.2 Å². The van der Waals surface area contributed by atoms with Crippen LogP contribution in [-0.4, -0.2) is 21.8 Å². The van der Waals surface area contributed by atoms with Crippen molar-refractivity contribution < 1.29 is 4.39 Å². The molecule has 4 rings (SSSR count). The lowest BCUT2D eigenvalue weighted by Gasteiger charge is -2.16. The number of para-hydroxylation sites is 2. The van der Waals surface area contributed by atoms with Crippen LogP contribution < -0.4 is 16.0 Å². The molecule has 1 fully saturated rings. The van der Waals surface area contributed by atoms with E-state index in [0.29, 0.717) is 35.0 Å². The van der Waals surface area contributed by atoms with Crippen molar-refractivity contribution in [3.05, 3.63) is 78.5 Å². The van der Waals surface area contributed by atoms with Crippen LogP contribution in [0.5, 0.6) is 0 Å². The van der Waals surface area contributed by atoms with Crippen molar-refractivity contribution in [2.75, 3.05) is 10.6 Å². The fraction of sp³-hybridized carbons (Fsp3) is 0.143. The maximum absolute atomic E-state index is 14.2. The number of hydrogen-bond acceptors (Lipinski definition) is 5. The normalized spacial score (nSPS) is 13.0. The highest BCUT2D eigenvalue weighted by atomic mass is 19.1. The Balaban J connectivity index is 1.77. The highest BCUT2D eigenvalue weighted by molar-refractivity contribution is 5.85. The topological polar surface area (TPSA) is 77.8 Å². The molecule has 1 saturated carbocycles. The largest absolute Gasteiger partial charge is 0.369 e. The average molecular weight is 376 g/mol. The third kappa shape index (κ3) is 3.73. The molecule has 3 aromatic rings. The van der Waals surface area contributed by atoms with Crippen molar-refractivity contribution in [3.63, 3.8) is 0 Å². The molecule has 0 unspecified atom stereocenters. The van der Waals surface area contributed by atoms with Gasteiger partial charge >= 0.3 is 0 Å². The summed E-state index contributed by atoms with van der Waals surface area (Å²) >= 11 is 0. The first-order chi connectivity index (χ1) is 13.7. The maximum atomic E-state index is 14.2. The fourth-order valence-electron chi connectivity index (χ4n) is 2.91. The van der Waals surface area contributed by atoms with E-state index < -0.39 is 0 Å². The number of aromatic nitrogens is 2. The molecule has 0 saturated heterocycles. The van der Waals surface area contributed by atoms with Gasteiger partial charge in [-0.3, -0.25) is 4.57 Å². The fourth-order valence-corrected chi connectivity index (χ4v) is 2.91. The van der Waals surface area contributed by atoms with Crippen molar-refractivity contribution in [2.45, 2.75) is 18.9 Å². The highest BCUT2D eigenvalue weighted by Gasteiger charge is 2.23. The van der Waals surface area contributed by atoms with Gasteiger partial charge in [0.15, 0.2) is 0 Å². The van der Waals surface area contributed by atoms with Crippen LogP contribution in [0.3, 0.4) is 0 Å². The second-order valence-electron chi connectivity index (χ2n) is 6.61. The second-order valence-corrected chi connectivity index (χ2v) is 6.61. The SMILES string of the molecule is C=C(Nc1c(C=N)nc(Nc2ccccc2F)n1-c1ccccc1)NC1CC1. The van der Waals surface area contributed by atoms with E-state index in [1.165, 1.54) is 12.3 Å². The molecule has 0 radical (unpaired) electrons. The molecule has 2 aromatic carbocycles. The minimum atomic E-state index is -0.379. The first-order valence-corrected chi connectivity index (χ1v) is 9.08. The Morgan fingerprint density at radius 1 is 1.14 bits per heavy atom. The van der Waals surface area contributed by atoms with Gasteiger partial charge in [0, 0.05) is 12.3 Å². The van der Waals surface area contributed by atoms with E-state index in [0.717, 1.165) is 18.5 Å². The quantitative estimate of drug-likeness (QED) is 0.440. The van der Waals surface area contributed by atoms with Gasteiger partial charge in [-0.05, 0) is 37.1 Å². The Hall–Kier alpha value is -3.61. The van der Waals surface area contributed by atoms with E-state index in [4.69, 9.17) is 5.41 Å². The van der Waals surface area contributed by atoms with Crippen molar-refractivity contribution >= 4 is 23.7 Å². The number of imidazole rings is 1. The Morgan fingerprint density at radius 3 is 2.54 bits per heavy atom. The molecule has 0 aliphatic heterocycles. The predicted molar refractivity (Wildman–Crippen MR) is 110 cm³/mol. The smallest absolute Gasteiger partial charge is 0.214 e. The number of nitrogens with one attached hydrogen (secondary N) is 4. The summed E-state index contributed by atoms with van der Waals surface area (Å²) in [5.74, 6) is 1.24. The molecule has 1 heterocycles. The first kappa shape index (κ1) is 17.8. The highest BCUT2D eigenvalue weighted by Crippen LogP contribution is 2.30. The summed E-state index contributed by atoms with van der Waals surface area (Å²) in [7, 11) is 0. The third-order valence-corrected chi connectivity index (χ3v) is 4.40. The van der Waals surface area contributed by atoms with Gasteiger partial charge in [0.25, 0.3) is 0 Å². The number of anilines is 3. The van der Waals surface area contributed by atoms with Gasteiger partial charge < -0.3 is 21.4 Å². The zero-order valence-corrected chi connectivity index (χ0v) is 15.2. The zero-order chi connectivity index (χ0) is 19.5. The van der Waals surface area contributed by atoms with Crippen LogP contribution >= 0.6 is 0 Å². The Labute approximate surface area is 162 Å². The summed E-state index contributed by atoms with van der Waals surface area (Å²) in [5.41, 5.74) is 1.55. The summed E-state index contributed by atoms with van der Waals surface area (Å²) in [4.78, 5) is 4.50. The minimum absolute atomic E-state index is 0.308. The van der Waals surface area contributed by atoms with E-state index in [1.54, 1.807) is 18.2 Å². The van der Waals surface area contributed by atoms with Gasteiger partial charge in [-0.15, -0.1) is 0 Å². The van der Waals surface area contributed by atoms with Crippen LogP contribution in [0, 0.1) is 11.2 Å². The molecular formula is C21H21FN6. The summed E-state index contributed by atoms with van der Waals surface area (Å²) in [6.07, 6.45) is 3.41. The standard InChI is InChI=1S/C21H21FN6/c1-14(24-15-11-12-15)25-20-19(13-23)27-21(26-18-10-6-5-9-17(18)22)28(20)16-7-3-2-4-8-16/h2-10,13,15,23-25H,1,11-12H2,(H,26,27). The Kier molecular flexibility index (Phi) is 4.80. The van der Waals surface area contributed by atoms with Crippen LogP contribution in [0.15, 0.2) is 67.0 Å². The molecule has 28 heavy (non-hydrogen) atoms.